The molecule has 0 aliphatic carbocycles. The molecule has 13 heteroatoms. The van der Waals surface area contributed by atoms with Gasteiger partial charge in [0.05, 0.1) is 36.1 Å². The number of carboxylic acids is 1. The summed E-state index contributed by atoms with van der Waals surface area (Å²) in [5.74, 6) is -0.953. The number of carboxylic acid groups (broad SMARTS) is 1. The number of fused-ring (bicyclic) bond motifs is 1. The zero-order chi connectivity index (χ0) is 30.6. The predicted molar refractivity (Wildman–Crippen MR) is 159 cm³/mol. The van der Waals surface area contributed by atoms with Crippen LogP contribution in [-0.2, 0) is 23.6 Å². The molecule has 2 fully saturated rings. The number of likely N-dealkylation sites (tertiary alicyclic amines) is 1. The molecule has 2 saturated heterocycles. The van der Waals surface area contributed by atoms with Gasteiger partial charge in [-0.25, -0.2) is 19.2 Å². The molecule has 5 heterocycles. The number of carbonyl (C=O) groups is 1. The van der Waals surface area contributed by atoms with Crippen molar-refractivity contribution in [3.05, 3.63) is 82.0 Å². The van der Waals surface area contributed by atoms with Gasteiger partial charge in [-0.1, -0.05) is 23.7 Å². The SMILES string of the molecule is Cc1nc(CN2CCC(c3cccc4c3OC(C)(c3ccc(Cl)cc3F)O4)CC2)n(CC2CCO2)c1-c1coc(C(=O)O)n1.[H-].[Li+]. The van der Waals surface area contributed by atoms with Gasteiger partial charge in [-0.15, -0.1) is 0 Å². The van der Waals surface area contributed by atoms with Gasteiger partial charge in [0.25, 0.3) is 5.79 Å². The number of imidazole rings is 1. The molecule has 7 rings (SSSR count). The van der Waals surface area contributed by atoms with Crippen LogP contribution >= 0.6 is 11.6 Å². The van der Waals surface area contributed by atoms with E-state index in [4.69, 9.17) is 35.2 Å². The van der Waals surface area contributed by atoms with Crippen LogP contribution in [0.15, 0.2) is 47.1 Å². The first-order valence-electron chi connectivity index (χ1n) is 14.7. The number of nitrogens with zero attached hydrogens (tertiary/aromatic N) is 4. The summed E-state index contributed by atoms with van der Waals surface area (Å²) >= 11 is 5.97. The van der Waals surface area contributed by atoms with E-state index in [9.17, 15) is 14.3 Å². The van der Waals surface area contributed by atoms with Gasteiger partial charge in [0.2, 0.25) is 0 Å². The number of para-hydroxylation sites is 1. The minimum absolute atomic E-state index is 0. The number of aromatic carboxylic acids is 1. The van der Waals surface area contributed by atoms with Crippen molar-refractivity contribution in [2.45, 2.75) is 64.0 Å². The summed E-state index contributed by atoms with van der Waals surface area (Å²) in [4.78, 5) is 22.8. The van der Waals surface area contributed by atoms with Crippen LogP contribution in [0.5, 0.6) is 11.5 Å². The number of rotatable bonds is 8. The van der Waals surface area contributed by atoms with E-state index < -0.39 is 17.6 Å². The van der Waals surface area contributed by atoms with E-state index in [1.54, 1.807) is 19.1 Å². The van der Waals surface area contributed by atoms with Gasteiger partial charge in [-0.2, -0.15) is 0 Å². The summed E-state index contributed by atoms with van der Waals surface area (Å²) in [6.45, 7) is 7.27. The number of oxazole rings is 1. The number of piperidine rings is 1. The van der Waals surface area contributed by atoms with E-state index >= 15 is 0 Å². The second-order valence-corrected chi connectivity index (χ2v) is 12.1. The molecule has 232 valence electrons. The second kappa shape index (κ2) is 12.5. The molecule has 10 nitrogen and oxygen atoms in total. The number of hydrogen-bond acceptors (Lipinski definition) is 8. The van der Waals surface area contributed by atoms with Crippen LogP contribution in [0.3, 0.4) is 0 Å². The molecular weight excluding hydrogens is 598 g/mol. The van der Waals surface area contributed by atoms with Crippen LogP contribution < -0.4 is 28.3 Å². The van der Waals surface area contributed by atoms with Crippen LogP contribution in [-0.4, -0.2) is 56.3 Å². The van der Waals surface area contributed by atoms with E-state index in [-0.39, 0.29) is 38.2 Å². The average molecular weight is 631 g/mol. The fourth-order valence-corrected chi connectivity index (χ4v) is 6.58. The predicted octanol–water partition coefficient (Wildman–Crippen LogP) is 3.27. The van der Waals surface area contributed by atoms with Crippen LogP contribution in [0.4, 0.5) is 4.39 Å². The molecule has 2 aromatic heterocycles. The summed E-state index contributed by atoms with van der Waals surface area (Å²) in [7, 11) is 0. The average Bonchev–Trinajstić information content (AvgIpc) is 3.66. The number of ether oxygens (including phenoxy) is 3. The Bertz CT molecular complexity index is 1740. The van der Waals surface area contributed by atoms with Crippen molar-refractivity contribution in [3.8, 4) is 22.9 Å². The number of aryl methyl sites for hydroxylation is 1. The number of halogens is 2. The zero-order valence-corrected chi connectivity index (χ0v) is 26.1. The van der Waals surface area contributed by atoms with E-state index in [1.165, 1.54) is 12.3 Å². The smallest absolute Gasteiger partial charge is 1.00 e. The van der Waals surface area contributed by atoms with Crippen LogP contribution in [0, 0.1) is 12.7 Å². The van der Waals surface area contributed by atoms with Crippen LogP contribution in [0.25, 0.3) is 11.4 Å². The van der Waals surface area contributed by atoms with Crippen molar-refractivity contribution in [2.75, 3.05) is 19.7 Å². The van der Waals surface area contributed by atoms with Gasteiger partial charge in [0.1, 0.15) is 23.6 Å². The Morgan fingerprint density at radius 3 is 2.62 bits per heavy atom. The molecule has 0 bridgehead atoms. The van der Waals surface area contributed by atoms with E-state index in [0.29, 0.717) is 40.9 Å². The molecule has 2 atom stereocenters. The number of hydrogen-bond donors (Lipinski definition) is 1. The summed E-state index contributed by atoms with van der Waals surface area (Å²) < 4.78 is 40.4. The quantitative estimate of drug-likeness (QED) is 0.293. The monoisotopic (exact) mass is 630 g/mol. The zero-order valence-electron chi connectivity index (χ0n) is 26.4. The Labute approximate surface area is 278 Å². The minimum Gasteiger partial charge on any atom is -1.00 e. The summed E-state index contributed by atoms with van der Waals surface area (Å²) in [6.07, 6.45) is 4.20. The summed E-state index contributed by atoms with van der Waals surface area (Å²) in [6, 6.07) is 10.4. The Balaban J connectivity index is 0.00000208. The topological polar surface area (TPSA) is 112 Å². The first kappa shape index (κ1) is 31.6. The van der Waals surface area contributed by atoms with Crippen molar-refractivity contribution < 1.29 is 53.2 Å². The Morgan fingerprint density at radius 2 is 1.96 bits per heavy atom. The first-order chi connectivity index (χ1) is 21.2. The summed E-state index contributed by atoms with van der Waals surface area (Å²) in [5.41, 5.74) is 3.31. The third-order valence-electron chi connectivity index (χ3n) is 8.75. The van der Waals surface area contributed by atoms with Crippen molar-refractivity contribution in [3.63, 3.8) is 0 Å². The Hall–Kier alpha value is -3.33. The molecule has 3 aliphatic heterocycles. The largest absolute Gasteiger partial charge is 1.00 e. The molecular formula is C32H33ClFLiN4O6. The van der Waals surface area contributed by atoms with E-state index in [1.807, 2.05) is 19.1 Å². The van der Waals surface area contributed by atoms with Crippen LogP contribution in [0.1, 0.15) is 66.9 Å². The van der Waals surface area contributed by atoms with Gasteiger partial charge in [-0.05, 0) is 69.5 Å². The molecule has 0 radical (unpaired) electrons. The molecule has 3 aliphatic rings. The molecule has 45 heavy (non-hydrogen) atoms. The third kappa shape index (κ3) is 6.00. The fourth-order valence-electron chi connectivity index (χ4n) is 6.42. The Kier molecular flexibility index (Phi) is 8.76. The number of benzene rings is 2. The normalized spacial score (nSPS) is 21.4. The molecule has 4 aromatic rings. The third-order valence-corrected chi connectivity index (χ3v) is 8.99. The molecule has 0 saturated carbocycles. The van der Waals surface area contributed by atoms with Gasteiger partial charge >= 0.3 is 30.7 Å². The Morgan fingerprint density at radius 1 is 1.18 bits per heavy atom. The maximum Gasteiger partial charge on any atom is 1.00 e. The van der Waals surface area contributed by atoms with Gasteiger partial charge < -0.3 is 29.7 Å². The number of aromatic nitrogens is 3. The summed E-state index contributed by atoms with van der Waals surface area (Å²) in [5, 5.41) is 9.62. The van der Waals surface area contributed by atoms with Gasteiger partial charge in [-0.3, -0.25) is 4.90 Å². The van der Waals surface area contributed by atoms with Crippen molar-refractivity contribution in [1.82, 2.24) is 19.4 Å². The molecule has 0 amide bonds. The van der Waals surface area contributed by atoms with E-state index in [0.717, 1.165) is 61.7 Å². The van der Waals surface area contributed by atoms with E-state index in [2.05, 4.69) is 20.5 Å². The first-order valence-corrected chi connectivity index (χ1v) is 15.1. The van der Waals surface area contributed by atoms with Crippen molar-refractivity contribution in [1.29, 1.82) is 0 Å². The van der Waals surface area contributed by atoms with Gasteiger partial charge in [0.15, 0.2) is 11.5 Å². The standard InChI is InChI=1S/C32H32ClFN4O6.Li.H/c1-18-28(25-17-42-30(36-25)31(39)40)38(15-21-10-13-41-21)27(35-18)16-37-11-8-19(9-12-37)22-4-3-5-26-29(22)44-32(2,43-26)23-7-6-20(33)14-24(23)34;;/h3-7,14,17,19,21H,8-13,15-16H2,1-2H3,(H,39,40);;/q;+1;-1. The second-order valence-electron chi connectivity index (χ2n) is 11.7. The maximum atomic E-state index is 14.8. The minimum atomic E-state index is -1.29. The van der Waals surface area contributed by atoms with Crippen molar-refractivity contribution >= 4 is 17.6 Å². The molecule has 0 spiro atoms. The van der Waals surface area contributed by atoms with Gasteiger partial charge in [0, 0.05) is 24.1 Å². The van der Waals surface area contributed by atoms with Crippen molar-refractivity contribution in [2.24, 2.45) is 0 Å². The molecule has 2 aromatic carbocycles. The molecule has 2 unspecified atom stereocenters. The molecule has 1 N–H and O–H groups in total. The fraction of sp³-hybridized carbons (Fsp3) is 0.406. The van der Waals surface area contributed by atoms with Crippen LogP contribution in [0.2, 0.25) is 5.02 Å². The maximum absolute atomic E-state index is 14.8.